The number of rotatable bonds is 12. The number of nitrogens with one attached hydrogen (secondary N) is 1. The van der Waals surface area contributed by atoms with Crippen molar-refractivity contribution in [2.24, 2.45) is 0 Å². The minimum Gasteiger partial charge on any atom is -0.508 e. The molecule has 2 aromatic heterocycles. The highest BCUT2D eigenvalue weighted by Crippen LogP contribution is 2.21. The molecule has 0 aliphatic heterocycles. The zero-order valence-corrected chi connectivity index (χ0v) is 20.4. The lowest BCUT2D eigenvalue weighted by Crippen LogP contribution is -2.43. The second kappa shape index (κ2) is 11.9. The number of aliphatic hydroxyl groups is 1. The van der Waals surface area contributed by atoms with Gasteiger partial charge in [-0.05, 0) is 35.0 Å². The molecular formula is C21H29BrN7O5+. The highest BCUT2D eigenvalue weighted by Gasteiger charge is 2.26. The van der Waals surface area contributed by atoms with Crippen molar-refractivity contribution in [3.63, 3.8) is 0 Å². The van der Waals surface area contributed by atoms with Gasteiger partial charge in [0.25, 0.3) is 11.7 Å². The summed E-state index contributed by atoms with van der Waals surface area (Å²) in [5.74, 6) is 0.487. The van der Waals surface area contributed by atoms with E-state index in [0.717, 1.165) is 16.9 Å². The number of carbonyl (C=O) groups excluding carboxylic acids is 1. The fourth-order valence-corrected chi connectivity index (χ4v) is 3.83. The molecular weight excluding hydrogens is 510 g/mol. The fraction of sp³-hybridized carbons (Fsp3) is 0.429. The number of amides is 1. The van der Waals surface area contributed by atoms with Crippen LogP contribution in [0, 0.1) is 0 Å². The van der Waals surface area contributed by atoms with E-state index in [2.05, 4.69) is 31.2 Å². The van der Waals surface area contributed by atoms with Crippen LogP contribution in [0.3, 0.4) is 0 Å². The minimum atomic E-state index is -0.495. The van der Waals surface area contributed by atoms with Crippen LogP contribution in [0.4, 0.5) is 11.6 Å². The van der Waals surface area contributed by atoms with Gasteiger partial charge < -0.3 is 36.5 Å². The van der Waals surface area contributed by atoms with Crippen LogP contribution in [0.1, 0.15) is 23.2 Å². The number of phenolic OH excluding ortho intramolecular Hbond substituents is 1. The van der Waals surface area contributed by atoms with Crippen molar-refractivity contribution in [3.8, 4) is 5.75 Å². The number of carbonyl (C=O) groups is 1. The number of benzene rings is 1. The Balaban J connectivity index is 1.81. The summed E-state index contributed by atoms with van der Waals surface area (Å²) in [4.78, 5) is 20.8. The lowest BCUT2D eigenvalue weighted by molar-refractivity contribution is -0.681. The molecule has 1 aromatic carbocycles. The molecule has 3 aromatic rings. The predicted octanol–water partition coefficient (Wildman–Crippen LogP) is 0.327. The van der Waals surface area contributed by atoms with E-state index in [4.69, 9.17) is 26.0 Å². The van der Waals surface area contributed by atoms with Gasteiger partial charge in [0.15, 0.2) is 28.4 Å². The number of anilines is 2. The number of aromatic nitrogens is 4. The van der Waals surface area contributed by atoms with Crippen LogP contribution >= 0.6 is 15.9 Å². The normalized spacial score (nSPS) is 11.3. The average Bonchev–Trinajstić information content (AvgIpc) is 3.10. The molecule has 0 saturated carbocycles. The maximum Gasteiger partial charge on any atom is 0.277 e. The molecule has 2 heterocycles. The van der Waals surface area contributed by atoms with Crippen molar-refractivity contribution < 1.29 is 29.0 Å². The first kappa shape index (κ1) is 25.6. The van der Waals surface area contributed by atoms with E-state index in [-0.39, 0.29) is 47.4 Å². The van der Waals surface area contributed by atoms with Crippen molar-refractivity contribution in [2.45, 2.75) is 26.6 Å². The molecule has 184 valence electrons. The van der Waals surface area contributed by atoms with E-state index in [0.29, 0.717) is 32.9 Å². The Morgan fingerprint density at radius 1 is 1.18 bits per heavy atom. The van der Waals surface area contributed by atoms with Crippen LogP contribution in [0.5, 0.6) is 5.75 Å². The summed E-state index contributed by atoms with van der Waals surface area (Å²) in [5, 5.41) is 21.6. The number of aryl methyl sites for hydroxylation is 1. The molecule has 0 unspecified atom stereocenters. The number of nitrogen functional groups attached to an aromatic ring is 2. The Morgan fingerprint density at radius 3 is 2.62 bits per heavy atom. The summed E-state index contributed by atoms with van der Waals surface area (Å²) in [6.45, 7) is 4.70. The second-order valence-electron chi connectivity index (χ2n) is 7.25. The molecule has 0 radical (unpaired) electrons. The molecule has 0 bridgehead atoms. The van der Waals surface area contributed by atoms with Crippen molar-refractivity contribution in [1.29, 1.82) is 0 Å². The first-order valence-electron chi connectivity index (χ1n) is 10.7. The van der Waals surface area contributed by atoms with Gasteiger partial charge in [-0.15, -0.1) is 0 Å². The first-order chi connectivity index (χ1) is 16.4. The number of hydrogen-bond acceptors (Lipinski definition) is 9. The van der Waals surface area contributed by atoms with Crippen LogP contribution in [0.15, 0.2) is 22.8 Å². The van der Waals surface area contributed by atoms with Crippen LogP contribution < -0.4 is 21.4 Å². The molecule has 0 aliphatic rings. The average molecular weight is 539 g/mol. The molecule has 0 spiro atoms. The van der Waals surface area contributed by atoms with E-state index in [1.807, 2.05) is 22.1 Å². The zero-order chi connectivity index (χ0) is 24.7. The van der Waals surface area contributed by atoms with Gasteiger partial charge >= 0.3 is 0 Å². The van der Waals surface area contributed by atoms with Gasteiger partial charge in [-0.1, -0.05) is 0 Å². The van der Waals surface area contributed by atoms with Crippen LogP contribution in [-0.4, -0.2) is 63.7 Å². The molecule has 3 rings (SSSR count). The summed E-state index contributed by atoms with van der Waals surface area (Å²) >= 11 is 3.16. The summed E-state index contributed by atoms with van der Waals surface area (Å²) < 4.78 is 15.1. The third-order valence-corrected chi connectivity index (χ3v) is 5.66. The third-order valence-electron chi connectivity index (χ3n) is 5.07. The molecule has 12 nitrogen and oxygen atoms in total. The summed E-state index contributed by atoms with van der Waals surface area (Å²) in [5.41, 5.74) is 13.2. The van der Waals surface area contributed by atoms with Crippen molar-refractivity contribution in [2.75, 3.05) is 44.5 Å². The highest BCUT2D eigenvalue weighted by atomic mass is 79.9. The summed E-state index contributed by atoms with van der Waals surface area (Å²) in [6.07, 6.45) is 0. The Hall–Kier alpha value is -3.00. The lowest BCUT2D eigenvalue weighted by atomic mass is 10.3. The van der Waals surface area contributed by atoms with Crippen molar-refractivity contribution in [1.82, 2.24) is 19.9 Å². The molecule has 1 amide bonds. The summed E-state index contributed by atoms with van der Waals surface area (Å²) in [7, 11) is 0. The number of ether oxygens (including phenoxy) is 2. The molecule has 0 aliphatic carbocycles. The van der Waals surface area contributed by atoms with Gasteiger partial charge in [0, 0.05) is 6.07 Å². The standard InChI is InChI=1S/C21H28BrN7O5/c1-2-28-15-11-13(31)3-4-14(15)29(5-7-33-9-10-34-8-6-30)16(28)12-25-21(32)17-19(23)27-20(24)18(22)26-17/h3-4,11,30H,2,5-10,12H2,1H3,(H5-,23,24,25,27,31,32)/p+1. The highest BCUT2D eigenvalue weighted by molar-refractivity contribution is 9.10. The number of nitrogens with two attached hydrogens (primary N) is 2. The first-order valence-corrected chi connectivity index (χ1v) is 11.5. The number of imidazole rings is 1. The topological polar surface area (TPSA) is 175 Å². The fourth-order valence-electron chi connectivity index (χ4n) is 3.57. The van der Waals surface area contributed by atoms with Gasteiger partial charge in [-0.25, -0.2) is 19.1 Å². The quantitative estimate of drug-likeness (QED) is 0.160. The number of phenols is 1. The maximum absolute atomic E-state index is 12.8. The summed E-state index contributed by atoms with van der Waals surface area (Å²) in [6, 6.07) is 5.13. The monoisotopic (exact) mass is 538 g/mol. The molecule has 7 N–H and O–H groups in total. The maximum atomic E-state index is 12.8. The van der Waals surface area contributed by atoms with Crippen molar-refractivity contribution >= 4 is 44.5 Å². The number of halogens is 1. The number of fused-ring (bicyclic) bond motifs is 1. The van der Waals surface area contributed by atoms with E-state index < -0.39 is 5.91 Å². The van der Waals surface area contributed by atoms with Gasteiger partial charge in [0.2, 0.25) is 0 Å². The third kappa shape index (κ3) is 5.91. The second-order valence-corrected chi connectivity index (χ2v) is 8.00. The number of nitrogens with zero attached hydrogens (tertiary/aromatic N) is 4. The van der Waals surface area contributed by atoms with Crippen LogP contribution in [0.25, 0.3) is 11.0 Å². The molecule has 0 saturated heterocycles. The Labute approximate surface area is 204 Å². The van der Waals surface area contributed by atoms with E-state index >= 15 is 0 Å². The minimum absolute atomic E-state index is 0.0289. The number of hydrogen-bond donors (Lipinski definition) is 5. The molecule has 0 fully saturated rings. The largest absolute Gasteiger partial charge is 0.508 e. The smallest absolute Gasteiger partial charge is 0.277 e. The van der Waals surface area contributed by atoms with E-state index in [1.165, 1.54) is 0 Å². The Morgan fingerprint density at radius 2 is 1.91 bits per heavy atom. The van der Waals surface area contributed by atoms with Gasteiger partial charge in [0.05, 0.1) is 39.6 Å². The molecule has 0 atom stereocenters. The van der Waals surface area contributed by atoms with Gasteiger partial charge in [-0.2, -0.15) is 0 Å². The van der Waals surface area contributed by atoms with E-state index in [9.17, 15) is 9.90 Å². The van der Waals surface area contributed by atoms with Crippen LogP contribution in [-0.2, 0) is 29.1 Å². The predicted molar refractivity (Wildman–Crippen MR) is 128 cm³/mol. The number of aliphatic hydroxyl groups excluding tert-OH is 1. The SMILES string of the molecule is CCn1c(CNC(=O)c2nc(Br)c(N)nc2N)[n+](CCOCCOCCO)c2ccc(O)cc21. The Kier molecular flexibility index (Phi) is 8.98. The van der Waals surface area contributed by atoms with E-state index in [1.54, 1.807) is 12.1 Å². The Bertz CT molecular complexity index is 1150. The molecule has 34 heavy (non-hydrogen) atoms. The van der Waals surface area contributed by atoms with Gasteiger partial charge in [0.1, 0.15) is 23.4 Å². The number of aromatic hydroxyl groups is 1. The van der Waals surface area contributed by atoms with Crippen molar-refractivity contribution in [3.05, 3.63) is 34.3 Å². The molecule has 13 heteroatoms. The lowest BCUT2D eigenvalue weighted by Gasteiger charge is -2.09. The van der Waals surface area contributed by atoms with Gasteiger partial charge in [-0.3, -0.25) is 4.79 Å². The van der Waals surface area contributed by atoms with Crippen LogP contribution in [0.2, 0.25) is 0 Å². The zero-order valence-electron chi connectivity index (χ0n) is 18.8.